The van der Waals surface area contributed by atoms with Crippen molar-refractivity contribution >= 4 is 0 Å². The standard InChI is InChI=1S/C10H21NO5/c1-10(2,3)16-9-6(11)8(14)7(13)5(4-12)15-9/h5-9,12-14H,4,11H2,1-3H3/t5?,6?,7-,8?,9-/m1/s1. The van der Waals surface area contributed by atoms with Gasteiger partial charge in [0.1, 0.15) is 18.3 Å². The molecule has 0 aromatic heterocycles. The van der Waals surface area contributed by atoms with Gasteiger partial charge in [0, 0.05) is 0 Å². The van der Waals surface area contributed by atoms with E-state index in [9.17, 15) is 10.2 Å². The molecule has 0 aromatic rings. The molecule has 1 rings (SSSR count). The molecule has 0 spiro atoms. The molecular formula is C10H21NO5. The Hall–Kier alpha value is -0.240. The fourth-order valence-electron chi connectivity index (χ4n) is 1.56. The predicted octanol–water partition coefficient (Wildman–Crippen LogP) is -1.43. The van der Waals surface area contributed by atoms with Gasteiger partial charge in [-0.1, -0.05) is 0 Å². The molecule has 0 bridgehead atoms. The second kappa shape index (κ2) is 4.95. The van der Waals surface area contributed by atoms with E-state index < -0.39 is 42.9 Å². The molecule has 0 saturated carbocycles. The Morgan fingerprint density at radius 1 is 1.25 bits per heavy atom. The molecule has 1 aliphatic rings. The van der Waals surface area contributed by atoms with Crippen LogP contribution in [0.1, 0.15) is 20.8 Å². The topological polar surface area (TPSA) is 105 Å². The molecule has 0 radical (unpaired) electrons. The molecule has 0 aliphatic carbocycles. The lowest BCUT2D eigenvalue weighted by molar-refractivity contribution is -0.289. The van der Waals surface area contributed by atoms with E-state index >= 15 is 0 Å². The third-order valence-corrected chi connectivity index (χ3v) is 2.40. The van der Waals surface area contributed by atoms with Crippen LogP contribution in [-0.4, -0.2) is 58.2 Å². The highest BCUT2D eigenvalue weighted by molar-refractivity contribution is 4.92. The van der Waals surface area contributed by atoms with Crippen molar-refractivity contribution in [1.82, 2.24) is 0 Å². The Bertz CT molecular complexity index is 228. The van der Waals surface area contributed by atoms with Crippen LogP contribution < -0.4 is 5.73 Å². The van der Waals surface area contributed by atoms with Gasteiger partial charge in [-0.15, -0.1) is 0 Å². The molecule has 16 heavy (non-hydrogen) atoms. The first-order valence-corrected chi connectivity index (χ1v) is 5.32. The molecular weight excluding hydrogens is 214 g/mol. The highest BCUT2D eigenvalue weighted by atomic mass is 16.7. The van der Waals surface area contributed by atoms with E-state index in [1.54, 1.807) is 0 Å². The fourth-order valence-corrected chi connectivity index (χ4v) is 1.56. The monoisotopic (exact) mass is 235 g/mol. The summed E-state index contributed by atoms with van der Waals surface area (Å²) in [7, 11) is 0. The number of aliphatic hydroxyl groups is 3. The van der Waals surface area contributed by atoms with Crippen LogP contribution in [0.5, 0.6) is 0 Å². The second-order valence-corrected chi connectivity index (χ2v) is 5.01. The lowest BCUT2D eigenvalue weighted by Crippen LogP contribution is -2.63. The summed E-state index contributed by atoms with van der Waals surface area (Å²) in [6.45, 7) is 5.09. The third-order valence-electron chi connectivity index (χ3n) is 2.40. The first-order valence-electron chi connectivity index (χ1n) is 5.32. The fraction of sp³-hybridized carbons (Fsp3) is 1.00. The van der Waals surface area contributed by atoms with E-state index in [-0.39, 0.29) is 0 Å². The van der Waals surface area contributed by atoms with Gasteiger partial charge < -0.3 is 30.5 Å². The van der Waals surface area contributed by atoms with Crippen molar-refractivity contribution in [2.24, 2.45) is 5.73 Å². The van der Waals surface area contributed by atoms with Crippen molar-refractivity contribution in [3.8, 4) is 0 Å². The lowest BCUT2D eigenvalue weighted by atomic mass is 9.97. The summed E-state index contributed by atoms with van der Waals surface area (Å²) < 4.78 is 10.8. The normalized spacial score (nSPS) is 41.1. The summed E-state index contributed by atoms with van der Waals surface area (Å²) in [5.74, 6) is 0. The van der Waals surface area contributed by atoms with Crippen LogP contribution in [0.25, 0.3) is 0 Å². The molecule has 0 aromatic carbocycles. The highest BCUT2D eigenvalue weighted by Crippen LogP contribution is 2.24. The van der Waals surface area contributed by atoms with Crippen LogP contribution in [0.2, 0.25) is 0 Å². The van der Waals surface area contributed by atoms with Crippen molar-refractivity contribution < 1.29 is 24.8 Å². The average Bonchev–Trinajstić information content (AvgIpc) is 2.17. The summed E-state index contributed by atoms with van der Waals surface area (Å²) >= 11 is 0. The number of nitrogens with two attached hydrogens (primary N) is 1. The van der Waals surface area contributed by atoms with Gasteiger partial charge in [0.25, 0.3) is 0 Å². The lowest BCUT2D eigenvalue weighted by Gasteiger charge is -2.42. The van der Waals surface area contributed by atoms with Gasteiger partial charge in [0.15, 0.2) is 6.29 Å². The minimum Gasteiger partial charge on any atom is -0.394 e. The van der Waals surface area contributed by atoms with Crippen molar-refractivity contribution in [2.75, 3.05) is 6.61 Å². The molecule has 5 N–H and O–H groups in total. The molecule has 1 saturated heterocycles. The summed E-state index contributed by atoms with van der Waals surface area (Å²) in [6.07, 6.45) is -4.07. The summed E-state index contributed by atoms with van der Waals surface area (Å²) in [4.78, 5) is 0. The maximum absolute atomic E-state index is 9.67. The minimum absolute atomic E-state index is 0.394. The summed E-state index contributed by atoms with van der Waals surface area (Å²) in [5, 5.41) is 28.2. The largest absolute Gasteiger partial charge is 0.394 e. The molecule has 0 amide bonds. The average molecular weight is 235 g/mol. The third kappa shape index (κ3) is 3.13. The molecule has 6 nitrogen and oxygen atoms in total. The van der Waals surface area contributed by atoms with Crippen LogP contribution in [0, 0.1) is 0 Å². The van der Waals surface area contributed by atoms with Gasteiger partial charge in [0.2, 0.25) is 0 Å². The Morgan fingerprint density at radius 3 is 2.25 bits per heavy atom. The second-order valence-electron chi connectivity index (χ2n) is 5.01. The molecule has 3 unspecified atom stereocenters. The van der Waals surface area contributed by atoms with Crippen molar-refractivity contribution in [3.05, 3.63) is 0 Å². The van der Waals surface area contributed by atoms with E-state index in [0.717, 1.165) is 0 Å². The van der Waals surface area contributed by atoms with Crippen molar-refractivity contribution in [3.63, 3.8) is 0 Å². The zero-order chi connectivity index (χ0) is 12.5. The summed E-state index contributed by atoms with van der Waals surface area (Å²) in [6, 6.07) is -0.836. The van der Waals surface area contributed by atoms with Crippen molar-refractivity contribution in [1.29, 1.82) is 0 Å². The maximum Gasteiger partial charge on any atom is 0.176 e. The van der Waals surface area contributed by atoms with Crippen LogP contribution >= 0.6 is 0 Å². The Morgan fingerprint density at radius 2 is 1.81 bits per heavy atom. The van der Waals surface area contributed by atoms with Crippen LogP contribution in [0.4, 0.5) is 0 Å². The van der Waals surface area contributed by atoms with Crippen LogP contribution in [0.3, 0.4) is 0 Å². The molecule has 1 heterocycles. The number of hydrogen-bond acceptors (Lipinski definition) is 6. The molecule has 1 aliphatic heterocycles. The van der Waals surface area contributed by atoms with Gasteiger partial charge in [-0.3, -0.25) is 0 Å². The Kier molecular flexibility index (Phi) is 4.28. The molecule has 1 fully saturated rings. The number of hydrogen-bond donors (Lipinski definition) is 4. The molecule has 96 valence electrons. The van der Waals surface area contributed by atoms with E-state index in [4.69, 9.17) is 20.3 Å². The molecule has 5 atom stereocenters. The van der Waals surface area contributed by atoms with Gasteiger partial charge in [-0.25, -0.2) is 0 Å². The summed E-state index contributed by atoms with van der Waals surface area (Å²) in [5.41, 5.74) is 5.21. The SMILES string of the molecule is CC(C)(C)O[C@H]1OC(CO)[C@@H](O)C(O)C1N. The predicted molar refractivity (Wildman–Crippen MR) is 56.6 cm³/mol. The Labute approximate surface area is 95.0 Å². The van der Waals surface area contributed by atoms with Gasteiger partial charge in [-0.2, -0.15) is 0 Å². The highest BCUT2D eigenvalue weighted by Gasteiger charge is 2.44. The van der Waals surface area contributed by atoms with E-state index in [1.807, 2.05) is 20.8 Å². The van der Waals surface area contributed by atoms with Gasteiger partial charge in [0.05, 0.1) is 18.2 Å². The number of aliphatic hydroxyl groups excluding tert-OH is 3. The zero-order valence-electron chi connectivity index (χ0n) is 9.83. The zero-order valence-corrected chi connectivity index (χ0v) is 9.83. The first-order chi connectivity index (χ1) is 7.26. The number of ether oxygens (including phenoxy) is 2. The van der Waals surface area contributed by atoms with E-state index in [0.29, 0.717) is 0 Å². The maximum atomic E-state index is 9.67. The van der Waals surface area contributed by atoms with E-state index in [1.165, 1.54) is 0 Å². The van der Waals surface area contributed by atoms with E-state index in [2.05, 4.69) is 0 Å². The first kappa shape index (κ1) is 13.8. The minimum atomic E-state index is -1.19. The van der Waals surface area contributed by atoms with Crippen LogP contribution in [-0.2, 0) is 9.47 Å². The van der Waals surface area contributed by atoms with Crippen LogP contribution in [0.15, 0.2) is 0 Å². The smallest absolute Gasteiger partial charge is 0.176 e. The Balaban J connectivity index is 2.71. The number of rotatable bonds is 2. The molecule has 6 heteroatoms. The van der Waals surface area contributed by atoms with Crippen molar-refractivity contribution in [2.45, 2.75) is 57.0 Å². The van der Waals surface area contributed by atoms with Gasteiger partial charge in [-0.05, 0) is 20.8 Å². The van der Waals surface area contributed by atoms with Gasteiger partial charge >= 0.3 is 0 Å². The quantitative estimate of drug-likeness (QED) is 0.467.